The number of nitrogen functional groups attached to an aromatic ring is 1. The second kappa shape index (κ2) is 8.03. The minimum Gasteiger partial charge on any atom is -0.375 e. The van der Waals surface area contributed by atoms with Crippen LogP contribution in [0.4, 0.5) is 5.13 Å². The minimum atomic E-state index is -4.59. The Bertz CT molecular complexity index is 1610. The van der Waals surface area contributed by atoms with Crippen molar-refractivity contribution in [2.24, 2.45) is 10.9 Å². The molecule has 2 aromatic heterocycles. The van der Waals surface area contributed by atoms with Crippen LogP contribution >= 0.6 is 11.3 Å². The lowest BCUT2D eigenvalue weighted by atomic mass is 9.89. The summed E-state index contributed by atoms with van der Waals surface area (Å²) in [6.45, 7) is 0. The van der Waals surface area contributed by atoms with E-state index in [1.165, 1.54) is 23.5 Å². The van der Waals surface area contributed by atoms with Crippen molar-refractivity contribution in [2.45, 2.75) is 34.7 Å². The molecule has 1 aliphatic carbocycles. The van der Waals surface area contributed by atoms with Gasteiger partial charge in [0, 0.05) is 17.6 Å². The van der Waals surface area contributed by atoms with Crippen LogP contribution in [0.5, 0.6) is 0 Å². The quantitative estimate of drug-likeness (QED) is 0.230. The number of aromatic nitrogens is 5. The first-order valence-electron chi connectivity index (χ1n) is 9.92. The van der Waals surface area contributed by atoms with Crippen molar-refractivity contribution in [2.75, 3.05) is 5.73 Å². The van der Waals surface area contributed by atoms with Crippen LogP contribution in [0.3, 0.4) is 0 Å². The molecule has 0 unspecified atom stereocenters. The van der Waals surface area contributed by atoms with Gasteiger partial charge in [-0.15, -0.1) is 5.10 Å². The molecule has 1 aliphatic rings. The topological polar surface area (TPSA) is 226 Å². The van der Waals surface area contributed by atoms with Crippen molar-refractivity contribution in [3.63, 3.8) is 0 Å². The van der Waals surface area contributed by atoms with E-state index < -0.39 is 35.9 Å². The van der Waals surface area contributed by atoms with Gasteiger partial charge in [0.25, 0.3) is 0 Å². The standard InChI is InChI=1S/C18H19N9O4S3/c19-8-6-9(7-8)25-34(30,31)13-5-4-10(11-2-1-3-12-15(11)22-18(20)32-12)14(16(13)33(21,28)29)17-23-26-27-24-17/h1-5,8-9,25H,6-7,19H2,(H2,20,22)(H2,21,28,29)(H,23,24,26,27). The maximum Gasteiger partial charge on any atom is 0.242 e. The average Bonchev–Trinajstić information content (AvgIpc) is 3.39. The number of nitrogens with one attached hydrogen (secondary N) is 2. The first-order chi connectivity index (χ1) is 16.0. The first-order valence-corrected chi connectivity index (χ1v) is 13.8. The highest BCUT2D eigenvalue weighted by molar-refractivity contribution is 7.92. The van der Waals surface area contributed by atoms with Gasteiger partial charge in [0.15, 0.2) is 11.0 Å². The third-order valence-electron chi connectivity index (χ3n) is 5.50. The molecule has 0 aliphatic heterocycles. The molecule has 5 rings (SSSR count). The Morgan fingerprint density at radius 1 is 1.09 bits per heavy atom. The van der Waals surface area contributed by atoms with E-state index in [4.69, 9.17) is 16.6 Å². The van der Waals surface area contributed by atoms with Crippen LogP contribution in [-0.2, 0) is 20.0 Å². The summed E-state index contributed by atoms with van der Waals surface area (Å²) in [4.78, 5) is 3.19. The van der Waals surface area contributed by atoms with Gasteiger partial charge >= 0.3 is 0 Å². The van der Waals surface area contributed by atoms with Gasteiger partial charge in [0.05, 0.1) is 15.8 Å². The lowest BCUT2D eigenvalue weighted by Crippen LogP contribution is -2.50. The van der Waals surface area contributed by atoms with Crippen molar-refractivity contribution in [3.05, 3.63) is 30.3 Å². The lowest BCUT2D eigenvalue weighted by molar-refractivity contribution is 0.327. The van der Waals surface area contributed by atoms with Crippen LogP contribution in [0.25, 0.3) is 32.7 Å². The molecule has 0 radical (unpaired) electrons. The molecule has 0 atom stereocenters. The zero-order valence-electron chi connectivity index (χ0n) is 17.3. The Morgan fingerprint density at radius 3 is 2.50 bits per heavy atom. The molecule has 0 saturated heterocycles. The van der Waals surface area contributed by atoms with Gasteiger partial charge in [-0.1, -0.05) is 29.5 Å². The number of H-pyrrole nitrogens is 1. The molecule has 2 aromatic carbocycles. The van der Waals surface area contributed by atoms with E-state index >= 15 is 0 Å². The highest BCUT2D eigenvalue weighted by Crippen LogP contribution is 2.42. The second-order valence-corrected chi connectivity index (χ2v) is 12.1. The number of tetrazole rings is 1. The van der Waals surface area contributed by atoms with Crippen molar-refractivity contribution >= 4 is 46.7 Å². The monoisotopic (exact) mass is 521 g/mol. The van der Waals surface area contributed by atoms with Crippen molar-refractivity contribution in [3.8, 4) is 22.5 Å². The van der Waals surface area contributed by atoms with Crippen LogP contribution in [0.2, 0.25) is 0 Å². The van der Waals surface area contributed by atoms with Crippen molar-refractivity contribution < 1.29 is 16.8 Å². The van der Waals surface area contributed by atoms with Gasteiger partial charge in [0.1, 0.15) is 9.79 Å². The number of aromatic amines is 1. The third-order valence-corrected chi connectivity index (χ3v) is 9.03. The summed E-state index contributed by atoms with van der Waals surface area (Å²) in [6.07, 6.45) is 0.877. The number of benzene rings is 2. The Hall–Kier alpha value is -3.02. The molecule has 16 heteroatoms. The Balaban J connectivity index is 1.81. The summed E-state index contributed by atoms with van der Waals surface area (Å²) in [5.41, 5.74) is 12.9. The SMILES string of the molecule is Nc1nc2c(-c3ccc(S(=O)(=O)NC4CC(N)C4)c(S(N)(=O)=O)c3-c3nnn[nH]3)cccc2s1. The minimum absolute atomic E-state index is 0.0815. The molecular formula is C18H19N9O4S3. The molecule has 0 bridgehead atoms. The van der Waals surface area contributed by atoms with Gasteiger partial charge in [-0.3, -0.25) is 0 Å². The molecule has 178 valence electrons. The van der Waals surface area contributed by atoms with Gasteiger partial charge in [-0.2, -0.15) is 0 Å². The largest absolute Gasteiger partial charge is 0.375 e. The summed E-state index contributed by atoms with van der Waals surface area (Å²) < 4.78 is 55.4. The zero-order valence-corrected chi connectivity index (χ0v) is 19.8. The Labute approximate surface area is 197 Å². The number of thiazole rings is 1. The molecule has 34 heavy (non-hydrogen) atoms. The summed E-state index contributed by atoms with van der Waals surface area (Å²) in [6, 6.07) is 7.41. The van der Waals surface area contributed by atoms with Crippen molar-refractivity contribution in [1.82, 2.24) is 30.3 Å². The van der Waals surface area contributed by atoms with E-state index in [1.54, 1.807) is 12.1 Å². The summed E-state index contributed by atoms with van der Waals surface area (Å²) in [5.74, 6) is -0.0815. The van der Waals surface area contributed by atoms with Crippen LogP contribution in [0, 0.1) is 0 Å². The van der Waals surface area contributed by atoms with Crippen LogP contribution < -0.4 is 21.3 Å². The maximum absolute atomic E-state index is 13.2. The van der Waals surface area contributed by atoms with Gasteiger partial charge in [-0.25, -0.2) is 36.8 Å². The summed E-state index contributed by atoms with van der Waals surface area (Å²) in [5, 5.41) is 19.3. The maximum atomic E-state index is 13.2. The van der Waals surface area contributed by atoms with Crippen LogP contribution in [0.15, 0.2) is 40.1 Å². The van der Waals surface area contributed by atoms with Crippen LogP contribution in [-0.4, -0.2) is 54.5 Å². The molecule has 1 fully saturated rings. The lowest BCUT2D eigenvalue weighted by Gasteiger charge is -2.32. The molecule has 4 aromatic rings. The van der Waals surface area contributed by atoms with E-state index in [9.17, 15) is 16.8 Å². The van der Waals surface area contributed by atoms with Crippen molar-refractivity contribution in [1.29, 1.82) is 0 Å². The predicted molar refractivity (Wildman–Crippen MR) is 125 cm³/mol. The molecule has 0 spiro atoms. The number of fused-ring (bicyclic) bond motifs is 1. The number of hydrogen-bond acceptors (Lipinski definition) is 11. The first kappa shape index (κ1) is 22.8. The predicted octanol–water partition coefficient (Wildman–Crippen LogP) is 0.141. The number of nitrogens with zero attached hydrogens (tertiary/aromatic N) is 4. The number of nitrogens with two attached hydrogens (primary N) is 3. The molecular weight excluding hydrogens is 502 g/mol. The molecule has 1 saturated carbocycles. The Kier molecular flexibility index (Phi) is 5.38. The molecule has 8 N–H and O–H groups in total. The van der Waals surface area contributed by atoms with E-state index in [1.807, 2.05) is 6.07 Å². The van der Waals surface area contributed by atoms with Gasteiger partial charge in [-0.05, 0) is 41.0 Å². The Morgan fingerprint density at radius 2 is 1.85 bits per heavy atom. The average molecular weight is 522 g/mol. The summed E-state index contributed by atoms with van der Waals surface area (Å²) in [7, 11) is -8.88. The molecule has 13 nitrogen and oxygen atoms in total. The highest BCUT2D eigenvalue weighted by atomic mass is 32.2. The normalized spacial score (nSPS) is 18.8. The fourth-order valence-corrected chi connectivity index (χ4v) is 7.64. The number of anilines is 1. The van der Waals surface area contributed by atoms with Crippen LogP contribution in [0.1, 0.15) is 12.8 Å². The van der Waals surface area contributed by atoms with Gasteiger partial charge in [0.2, 0.25) is 20.0 Å². The molecule has 2 heterocycles. The fourth-order valence-electron chi connectivity index (χ4n) is 4.01. The fraction of sp³-hybridized carbons (Fsp3) is 0.222. The number of sulfonamides is 2. The van der Waals surface area contributed by atoms with E-state index in [0.29, 0.717) is 34.6 Å². The molecule has 0 amide bonds. The number of hydrogen-bond donors (Lipinski definition) is 5. The number of para-hydroxylation sites is 1. The second-order valence-electron chi connectivity index (χ2n) is 7.86. The van der Waals surface area contributed by atoms with E-state index in [-0.39, 0.29) is 17.4 Å². The summed E-state index contributed by atoms with van der Waals surface area (Å²) >= 11 is 1.26. The third kappa shape index (κ3) is 3.93. The number of rotatable bonds is 6. The number of primary sulfonamides is 1. The highest BCUT2D eigenvalue weighted by Gasteiger charge is 2.36. The zero-order chi connectivity index (χ0) is 24.3. The smallest absolute Gasteiger partial charge is 0.242 e. The van der Waals surface area contributed by atoms with Gasteiger partial charge < -0.3 is 11.5 Å². The van der Waals surface area contributed by atoms with E-state index in [2.05, 4.69) is 30.3 Å². The van der Waals surface area contributed by atoms with E-state index in [0.717, 1.165) is 4.70 Å².